The predicted molar refractivity (Wildman–Crippen MR) is 114 cm³/mol. The van der Waals surface area contributed by atoms with Crippen molar-refractivity contribution >= 4 is 40.0 Å². The molecule has 0 spiro atoms. The molecule has 0 saturated heterocycles. The van der Waals surface area contributed by atoms with E-state index in [0.29, 0.717) is 33.3 Å². The molecule has 1 aliphatic carbocycles. The van der Waals surface area contributed by atoms with Crippen LogP contribution in [0.3, 0.4) is 0 Å². The monoisotopic (exact) mass is 406 g/mol. The standard InChI is InChI=1S/C21H14N2O5S/c22-21(29)23-10-1-4-13(20(26)27)16(7-10)19-14-5-2-11(24)8-17(14)28-18-9-12(25)3-6-15(18)19/h1-9,24H,(H,26,27)(H3,22,23,29). The first-order valence-corrected chi connectivity index (χ1v) is 8.88. The molecule has 29 heavy (non-hydrogen) atoms. The Bertz CT molecular complexity index is 1330. The van der Waals surface area contributed by atoms with Gasteiger partial charge in [0.2, 0.25) is 0 Å². The molecule has 144 valence electrons. The highest BCUT2D eigenvalue weighted by atomic mass is 32.1. The van der Waals surface area contributed by atoms with Gasteiger partial charge in [0.15, 0.2) is 10.5 Å². The predicted octanol–water partition coefficient (Wildman–Crippen LogP) is 3.62. The number of carboxylic acid groups (broad SMARTS) is 1. The maximum Gasteiger partial charge on any atom is 0.336 e. The number of rotatable bonds is 3. The van der Waals surface area contributed by atoms with Crippen molar-refractivity contribution in [1.82, 2.24) is 0 Å². The molecule has 0 saturated carbocycles. The number of aromatic hydroxyl groups is 1. The van der Waals surface area contributed by atoms with Gasteiger partial charge in [-0.3, -0.25) is 4.79 Å². The minimum atomic E-state index is -1.12. The van der Waals surface area contributed by atoms with E-state index >= 15 is 0 Å². The number of nitrogens with two attached hydrogens (primary N) is 1. The van der Waals surface area contributed by atoms with Crippen LogP contribution in [0, 0.1) is 0 Å². The van der Waals surface area contributed by atoms with Crippen LogP contribution in [-0.4, -0.2) is 21.3 Å². The van der Waals surface area contributed by atoms with Crippen LogP contribution >= 0.6 is 12.2 Å². The quantitative estimate of drug-likeness (QED) is 0.300. The molecule has 0 fully saturated rings. The summed E-state index contributed by atoms with van der Waals surface area (Å²) in [4.78, 5) is 23.8. The second kappa shape index (κ2) is 6.92. The molecule has 8 heteroatoms. The number of phenolic OH excluding ortho intramolecular Hbond substituents is 1. The fraction of sp³-hybridized carbons (Fsp3) is 0. The number of hydrogen-bond acceptors (Lipinski definition) is 5. The van der Waals surface area contributed by atoms with Gasteiger partial charge in [-0.05, 0) is 60.2 Å². The lowest BCUT2D eigenvalue weighted by Crippen LogP contribution is -2.19. The van der Waals surface area contributed by atoms with Gasteiger partial charge in [-0.1, -0.05) is 0 Å². The molecule has 2 aliphatic rings. The lowest BCUT2D eigenvalue weighted by atomic mass is 9.90. The first-order valence-electron chi connectivity index (χ1n) is 8.47. The summed E-state index contributed by atoms with van der Waals surface area (Å²) in [5, 5.41) is 23.0. The number of aromatic carboxylic acids is 1. The van der Waals surface area contributed by atoms with Crippen molar-refractivity contribution in [3.8, 4) is 28.2 Å². The number of carboxylic acids is 1. The number of hydrogen-bond donors (Lipinski definition) is 4. The minimum absolute atomic E-state index is 0.0211. The zero-order valence-corrected chi connectivity index (χ0v) is 15.6. The summed E-state index contributed by atoms with van der Waals surface area (Å²) < 4.78 is 5.80. The van der Waals surface area contributed by atoms with Crippen LogP contribution in [0.15, 0.2) is 63.8 Å². The highest BCUT2D eigenvalue weighted by Gasteiger charge is 2.22. The molecular formula is C21H14N2O5S. The van der Waals surface area contributed by atoms with E-state index in [1.807, 2.05) is 0 Å². The Morgan fingerprint density at radius 1 is 1.03 bits per heavy atom. The number of anilines is 1. The Morgan fingerprint density at radius 2 is 1.83 bits per heavy atom. The Balaban J connectivity index is 2.15. The van der Waals surface area contributed by atoms with Crippen LogP contribution in [-0.2, 0) is 0 Å². The molecule has 0 aromatic heterocycles. The van der Waals surface area contributed by atoms with Gasteiger partial charge < -0.3 is 25.7 Å². The van der Waals surface area contributed by atoms with Gasteiger partial charge in [0.1, 0.15) is 17.1 Å². The lowest BCUT2D eigenvalue weighted by Gasteiger charge is -2.17. The van der Waals surface area contributed by atoms with E-state index in [4.69, 9.17) is 22.4 Å². The van der Waals surface area contributed by atoms with E-state index in [2.05, 4.69) is 5.32 Å². The fourth-order valence-corrected chi connectivity index (χ4v) is 3.42. The van der Waals surface area contributed by atoms with Crippen LogP contribution in [0.4, 0.5) is 5.69 Å². The third kappa shape index (κ3) is 3.37. The number of thiocarbonyl (C=S) groups is 1. The summed E-state index contributed by atoms with van der Waals surface area (Å²) in [5.41, 5.74) is 7.65. The summed E-state index contributed by atoms with van der Waals surface area (Å²) >= 11 is 4.88. The fourth-order valence-electron chi connectivity index (χ4n) is 3.31. The van der Waals surface area contributed by atoms with Gasteiger partial charge in [0.25, 0.3) is 0 Å². The van der Waals surface area contributed by atoms with E-state index < -0.39 is 5.97 Å². The van der Waals surface area contributed by atoms with Gasteiger partial charge in [-0.25, -0.2) is 4.79 Å². The van der Waals surface area contributed by atoms with E-state index in [1.165, 1.54) is 30.3 Å². The number of fused-ring (bicyclic) bond motifs is 2. The number of nitrogens with one attached hydrogen (secondary N) is 1. The Labute approximate surface area is 169 Å². The van der Waals surface area contributed by atoms with Gasteiger partial charge in [-0.15, -0.1) is 0 Å². The van der Waals surface area contributed by atoms with E-state index in [0.717, 1.165) is 0 Å². The summed E-state index contributed by atoms with van der Waals surface area (Å²) in [7, 11) is 0. The first-order chi connectivity index (χ1) is 13.8. The zero-order valence-electron chi connectivity index (χ0n) is 14.8. The second-order valence-electron chi connectivity index (χ2n) is 6.37. The van der Waals surface area contributed by atoms with E-state index in [9.17, 15) is 19.8 Å². The summed E-state index contributed by atoms with van der Waals surface area (Å²) in [5.74, 6) is -0.870. The van der Waals surface area contributed by atoms with Crippen LogP contribution in [0.1, 0.15) is 10.4 Å². The molecule has 0 bridgehead atoms. The Kier molecular flexibility index (Phi) is 4.40. The highest BCUT2D eigenvalue weighted by Crippen LogP contribution is 2.42. The van der Waals surface area contributed by atoms with Crippen LogP contribution in [0.25, 0.3) is 33.4 Å². The van der Waals surface area contributed by atoms with Crippen molar-refractivity contribution in [2.24, 2.45) is 5.73 Å². The van der Waals surface area contributed by atoms with Crippen molar-refractivity contribution in [3.05, 3.63) is 70.4 Å². The van der Waals surface area contributed by atoms with Gasteiger partial charge in [0.05, 0.1) is 5.56 Å². The summed E-state index contributed by atoms with van der Waals surface area (Å²) in [6.07, 6.45) is 0. The third-order valence-electron chi connectivity index (χ3n) is 4.46. The summed E-state index contributed by atoms with van der Waals surface area (Å²) in [6.45, 7) is 0. The molecule has 4 rings (SSSR count). The topological polar surface area (TPSA) is 126 Å². The molecule has 0 atom stereocenters. The molecule has 0 radical (unpaired) electrons. The Morgan fingerprint density at radius 3 is 2.55 bits per heavy atom. The lowest BCUT2D eigenvalue weighted by molar-refractivity contribution is 0.0698. The van der Waals surface area contributed by atoms with Gasteiger partial charge >= 0.3 is 5.97 Å². The van der Waals surface area contributed by atoms with Crippen LogP contribution < -0.4 is 16.5 Å². The molecule has 7 nitrogen and oxygen atoms in total. The maximum atomic E-state index is 11.9. The van der Waals surface area contributed by atoms with Crippen molar-refractivity contribution in [3.63, 3.8) is 0 Å². The van der Waals surface area contributed by atoms with Gasteiger partial charge in [-0.2, -0.15) is 0 Å². The van der Waals surface area contributed by atoms with Crippen molar-refractivity contribution in [1.29, 1.82) is 0 Å². The molecule has 2 aromatic carbocycles. The van der Waals surface area contributed by atoms with Crippen molar-refractivity contribution < 1.29 is 19.4 Å². The third-order valence-corrected chi connectivity index (χ3v) is 4.57. The molecule has 0 amide bonds. The van der Waals surface area contributed by atoms with Crippen LogP contribution in [0.5, 0.6) is 5.75 Å². The average Bonchev–Trinajstić information content (AvgIpc) is 2.65. The molecule has 0 unspecified atom stereocenters. The second-order valence-corrected chi connectivity index (χ2v) is 6.81. The molecule has 1 heterocycles. The normalized spacial score (nSPS) is 10.9. The molecular weight excluding hydrogens is 392 g/mol. The van der Waals surface area contributed by atoms with Crippen LogP contribution in [0.2, 0.25) is 0 Å². The number of benzene rings is 3. The maximum absolute atomic E-state index is 11.9. The van der Waals surface area contributed by atoms with E-state index in [1.54, 1.807) is 24.3 Å². The molecule has 2 aromatic rings. The molecule has 1 aliphatic heterocycles. The summed E-state index contributed by atoms with van der Waals surface area (Å²) in [6, 6.07) is 13.4. The zero-order chi connectivity index (χ0) is 20.7. The highest BCUT2D eigenvalue weighted by molar-refractivity contribution is 7.80. The number of phenols is 1. The first kappa shape index (κ1) is 18.5. The van der Waals surface area contributed by atoms with E-state index in [-0.39, 0.29) is 27.6 Å². The smallest absolute Gasteiger partial charge is 0.336 e. The molecule has 5 N–H and O–H groups in total. The Hall–Kier alpha value is -3.91. The SMILES string of the molecule is NC(=S)Nc1ccc(C(=O)O)c(-c2c3ccc(=O)cc-3oc3cc(O)ccc23)c1. The largest absolute Gasteiger partial charge is 0.508 e. The number of carbonyl (C=O) groups is 1. The van der Waals surface area contributed by atoms with Crippen molar-refractivity contribution in [2.75, 3.05) is 5.32 Å². The van der Waals surface area contributed by atoms with Gasteiger partial charge in [0, 0.05) is 34.3 Å². The average molecular weight is 406 g/mol. The van der Waals surface area contributed by atoms with Crippen molar-refractivity contribution in [2.45, 2.75) is 0 Å². The minimum Gasteiger partial charge on any atom is -0.508 e.